The molecule has 4 nitrogen and oxygen atoms in total. The number of methoxy groups -OCH3 is 1. The van der Waals surface area contributed by atoms with Crippen LogP contribution < -0.4 is 15.2 Å². The molecule has 0 fully saturated rings. The molecule has 0 aliphatic carbocycles. The van der Waals surface area contributed by atoms with Crippen LogP contribution in [0.15, 0.2) is 24.3 Å². The molecule has 6 heteroatoms. The average molecular weight is 308 g/mol. The van der Waals surface area contributed by atoms with Gasteiger partial charge in [0.25, 0.3) is 0 Å². The normalized spacial score (nSPS) is 10.3. The molecule has 0 amide bonds. The van der Waals surface area contributed by atoms with Gasteiger partial charge in [-0.1, -0.05) is 19.1 Å². The van der Waals surface area contributed by atoms with Crippen LogP contribution in [0, 0.1) is 0 Å². The Morgan fingerprint density at radius 1 is 1.30 bits per heavy atom. The number of nitrogens with two attached hydrogens (primary N) is 1. The fraction of sp³-hybridized carbons (Fsp3) is 0.286. The molecule has 0 saturated heterocycles. The molecule has 2 N–H and O–H groups in total. The predicted octanol–water partition coefficient (Wildman–Crippen LogP) is 2.93. The Labute approximate surface area is 127 Å². The van der Waals surface area contributed by atoms with E-state index in [0.29, 0.717) is 11.6 Å². The Balaban J connectivity index is 2.04. The van der Waals surface area contributed by atoms with Crippen LogP contribution in [0.2, 0.25) is 0 Å². The third kappa shape index (κ3) is 3.46. The van der Waals surface area contributed by atoms with Crippen LogP contribution in [-0.2, 0) is 13.0 Å². The van der Waals surface area contributed by atoms with E-state index in [1.165, 1.54) is 11.3 Å². The summed E-state index contributed by atoms with van der Waals surface area (Å²) in [5.41, 5.74) is 6.63. The molecule has 0 aliphatic heterocycles. The second-order valence-electron chi connectivity index (χ2n) is 4.07. The molecule has 1 heterocycles. The SMILES string of the molecule is CCc1nc(COc2ccc(OC)cc2)sc1C(N)=S. The van der Waals surface area contributed by atoms with Gasteiger partial charge in [0, 0.05) is 0 Å². The highest BCUT2D eigenvalue weighted by atomic mass is 32.1. The van der Waals surface area contributed by atoms with Crippen LogP contribution in [0.1, 0.15) is 22.5 Å². The van der Waals surface area contributed by atoms with Gasteiger partial charge in [-0.2, -0.15) is 0 Å². The molecule has 0 atom stereocenters. The molecule has 106 valence electrons. The van der Waals surface area contributed by atoms with Gasteiger partial charge in [0.2, 0.25) is 0 Å². The van der Waals surface area contributed by atoms with Crippen LogP contribution in [0.25, 0.3) is 0 Å². The minimum Gasteiger partial charge on any atom is -0.497 e. The van der Waals surface area contributed by atoms with E-state index >= 15 is 0 Å². The number of aryl methyl sites for hydroxylation is 1. The highest BCUT2D eigenvalue weighted by molar-refractivity contribution is 7.81. The number of ether oxygens (including phenoxy) is 2. The van der Waals surface area contributed by atoms with Crippen LogP contribution in [0.3, 0.4) is 0 Å². The summed E-state index contributed by atoms with van der Waals surface area (Å²) in [7, 11) is 1.63. The van der Waals surface area contributed by atoms with E-state index < -0.39 is 0 Å². The first kappa shape index (κ1) is 14.7. The Kier molecular flexibility index (Phi) is 4.92. The van der Waals surface area contributed by atoms with Crippen molar-refractivity contribution in [2.75, 3.05) is 7.11 Å². The number of thiocarbonyl (C=S) groups is 1. The molecule has 2 rings (SSSR count). The largest absolute Gasteiger partial charge is 0.497 e. The summed E-state index contributed by atoms with van der Waals surface area (Å²) >= 11 is 6.52. The number of hydrogen-bond acceptors (Lipinski definition) is 5. The number of thiazole rings is 1. The van der Waals surface area contributed by atoms with Crippen molar-refractivity contribution in [1.82, 2.24) is 4.98 Å². The van der Waals surface area contributed by atoms with Crippen molar-refractivity contribution in [2.24, 2.45) is 5.73 Å². The third-order valence-electron chi connectivity index (χ3n) is 2.72. The van der Waals surface area contributed by atoms with Gasteiger partial charge in [-0.25, -0.2) is 4.98 Å². The quantitative estimate of drug-likeness (QED) is 0.832. The molecule has 0 radical (unpaired) electrons. The van der Waals surface area contributed by atoms with E-state index in [4.69, 9.17) is 27.4 Å². The zero-order chi connectivity index (χ0) is 14.5. The molecule has 0 bridgehead atoms. The molecular formula is C14H16N2O2S2. The maximum absolute atomic E-state index is 5.69. The van der Waals surface area contributed by atoms with Gasteiger partial charge in [-0.15, -0.1) is 11.3 Å². The van der Waals surface area contributed by atoms with E-state index in [1.54, 1.807) is 7.11 Å². The number of hydrogen-bond donors (Lipinski definition) is 1. The fourth-order valence-electron chi connectivity index (χ4n) is 1.71. The van der Waals surface area contributed by atoms with Crippen molar-refractivity contribution in [3.63, 3.8) is 0 Å². The second-order valence-corrected chi connectivity index (χ2v) is 5.59. The van der Waals surface area contributed by atoms with E-state index in [-0.39, 0.29) is 0 Å². The first-order valence-corrected chi connectivity index (χ1v) is 7.41. The van der Waals surface area contributed by atoms with Gasteiger partial charge in [0.15, 0.2) is 0 Å². The monoisotopic (exact) mass is 308 g/mol. The van der Waals surface area contributed by atoms with Crippen molar-refractivity contribution in [2.45, 2.75) is 20.0 Å². The first-order valence-electron chi connectivity index (χ1n) is 6.19. The zero-order valence-electron chi connectivity index (χ0n) is 11.4. The standard InChI is InChI=1S/C14H16N2O2S2/c1-3-11-13(14(15)19)20-12(16-11)8-18-10-6-4-9(17-2)5-7-10/h4-7H,3,8H2,1-2H3,(H2,15,19). The molecule has 0 unspecified atom stereocenters. The van der Waals surface area contributed by atoms with Gasteiger partial charge >= 0.3 is 0 Å². The summed E-state index contributed by atoms with van der Waals surface area (Å²) in [4.78, 5) is 5.78. The van der Waals surface area contributed by atoms with E-state index in [9.17, 15) is 0 Å². The lowest BCUT2D eigenvalue weighted by atomic mass is 10.3. The third-order valence-corrected chi connectivity index (χ3v) is 4.16. The van der Waals surface area contributed by atoms with Gasteiger partial charge in [-0.05, 0) is 30.7 Å². The van der Waals surface area contributed by atoms with Gasteiger partial charge < -0.3 is 15.2 Å². The molecule has 20 heavy (non-hydrogen) atoms. The summed E-state index contributed by atoms with van der Waals surface area (Å²) in [6.07, 6.45) is 0.811. The number of aromatic nitrogens is 1. The Morgan fingerprint density at radius 2 is 1.95 bits per heavy atom. The fourth-order valence-corrected chi connectivity index (χ4v) is 2.87. The smallest absolute Gasteiger partial charge is 0.140 e. The molecular weight excluding hydrogens is 292 g/mol. The molecule has 0 aliphatic rings. The second kappa shape index (κ2) is 6.67. The summed E-state index contributed by atoms with van der Waals surface area (Å²) in [6, 6.07) is 7.44. The first-order chi connectivity index (χ1) is 9.63. The van der Waals surface area contributed by atoms with Gasteiger partial charge in [-0.3, -0.25) is 0 Å². The average Bonchev–Trinajstić information content (AvgIpc) is 2.89. The van der Waals surface area contributed by atoms with Crippen LogP contribution in [-0.4, -0.2) is 17.1 Å². The van der Waals surface area contributed by atoms with Crippen LogP contribution in [0.5, 0.6) is 11.5 Å². The van der Waals surface area contributed by atoms with E-state index in [1.807, 2.05) is 31.2 Å². The zero-order valence-corrected chi connectivity index (χ0v) is 13.0. The highest BCUT2D eigenvalue weighted by Crippen LogP contribution is 2.22. The van der Waals surface area contributed by atoms with Crippen LogP contribution >= 0.6 is 23.6 Å². The van der Waals surface area contributed by atoms with Crippen LogP contribution in [0.4, 0.5) is 0 Å². The summed E-state index contributed by atoms with van der Waals surface area (Å²) in [5, 5.41) is 0.875. The maximum Gasteiger partial charge on any atom is 0.140 e. The van der Waals surface area contributed by atoms with Crippen molar-refractivity contribution in [3.05, 3.63) is 39.8 Å². The molecule has 1 aromatic heterocycles. The summed E-state index contributed by atoms with van der Waals surface area (Å²) < 4.78 is 10.8. The summed E-state index contributed by atoms with van der Waals surface area (Å²) in [6.45, 7) is 2.44. The Morgan fingerprint density at radius 3 is 2.45 bits per heavy atom. The lowest BCUT2D eigenvalue weighted by Crippen LogP contribution is -2.09. The van der Waals surface area contributed by atoms with Gasteiger partial charge in [0.05, 0.1) is 17.7 Å². The molecule has 0 spiro atoms. The molecule has 0 saturated carbocycles. The molecule has 2 aromatic rings. The minimum atomic E-state index is 0.398. The Hall–Kier alpha value is -1.66. The lowest BCUT2D eigenvalue weighted by Gasteiger charge is -2.04. The minimum absolute atomic E-state index is 0.398. The molecule has 1 aromatic carbocycles. The summed E-state index contributed by atoms with van der Waals surface area (Å²) in [5.74, 6) is 1.58. The number of benzene rings is 1. The number of rotatable bonds is 6. The van der Waals surface area contributed by atoms with E-state index in [2.05, 4.69) is 4.98 Å². The lowest BCUT2D eigenvalue weighted by molar-refractivity contribution is 0.304. The van der Waals surface area contributed by atoms with Crippen molar-refractivity contribution in [3.8, 4) is 11.5 Å². The predicted molar refractivity (Wildman–Crippen MR) is 84.7 cm³/mol. The van der Waals surface area contributed by atoms with E-state index in [0.717, 1.165) is 33.5 Å². The van der Waals surface area contributed by atoms with Crippen molar-refractivity contribution < 1.29 is 9.47 Å². The van der Waals surface area contributed by atoms with Crippen molar-refractivity contribution in [1.29, 1.82) is 0 Å². The maximum atomic E-state index is 5.69. The topological polar surface area (TPSA) is 57.4 Å². The van der Waals surface area contributed by atoms with Gasteiger partial charge in [0.1, 0.15) is 28.1 Å². The Bertz CT molecular complexity index is 594. The highest BCUT2D eigenvalue weighted by Gasteiger charge is 2.12. The number of nitrogens with zero attached hydrogens (tertiary/aromatic N) is 1. The van der Waals surface area contributed by atoms with Crippen molar-refractivity contribution >= 4 is 28.5 Å².